The lowest BCUT2D eigenvalue weighted by atomic mass is 10.2. The molecular weight excluding hydrogens is 327 g/mol. The van der Waals surface area contributed by atoms with Gasteiger partial charge in [-0.05, 0) is 24.6 Å². The molecule has 0 fully saturated rings. The van der Waals surface area contributed by atoms with E-state index in [0.717, 1.165) is 5.56 Å². The first kappa shape index (κ1) is 18.4. The fourth-order valence-corrected chi connectivity index (χ4v) is 2.32. The van der Waals surface area contributed by atoms with Crippen LogP contribution >= 0.6 is 0 Å². The number of carbonyl (C=O) groups excluding carboxylic acids is 1. The molecule has 0 aromatic heterocycles. The number of hydrogen-bond donors (Lipinski definition) is 2. The van der Waals surface area contributed by atoms with E-state index in [9.17, 15) is 9.18 Å². The number of ether oxygens (including phenoxy) is 3. The molecule has 25 heavy (non-hydrogen) atoms. The van der Waals surface area contributed by atoms with Crippen LogP contribution in [0, 0.1) is 12.7 Å². The third-order valence-electron chi connectivity index (χ3n) is 3.59. The van der Waals surface area contributed by atoms with Gasteiger partial charge in [0.1, 0.15) is 5.82 Å². The van der Waals surface area contributed by atoms with E-state index in [1.807, 2.05) is 6.92 Å². The van der Waals surface area contributed by atoms with Crippen molar-refractivity contribution in [3.05, 3.63) is 41.7 Å². The van der Waals surface area contributed by atoms with Crippen LogP contribution in [-0.4, -0.2) is 33.8 Å². The lowest BCUT2D eigenvalue weighted by Crippen LogP contribution is -2.22. The van der Waals surface area contributed by atoms with E-state index >= 15 is 0 Å². The van der Waals surface area contributed by atoms with E-state index in [-0.39, 0.29) is 18.3 Å². The second-order valence-corrected chi connectivity index (χ2v) is 5.27. The van der Waals surface area contributed by atoms with Gasteiger partial charge in [-0.3, -0.25) is 4.79 Å². The quantitative estimate of drug-likeness (QED) is 0.804. The maximum Gasteiger partial charge on any atom is 0.243 e. The van der Waals surface area contributed by atoms with Gasteiger partial charge in [0.05, 0.1) is 27.9 Å². The van der Waals surface area contributed by atoms with Gasteiger partial charge in [-0.25, -0.2) is 4.39 Å². The second kappa shape index (κ2) is 8.23. The number of hydrogen-bond acceptors (Lipinski definition) is 5. The molecule has 2 aromatic rings. The molecule has 134 valence electrons. The number of rotatable bonds is 7. The molecule has 0 aliphatic carbocycles. The summed E-state index contributed by atoms with van der Waals surface area (Å²) in [5.41, 5.74) is 1.92. The largest absolute Gasteiger partial charge is 0.493 e. The summed E-state index contributed by atoms with van der Waals surface area (Å²) in [7, 11) is 4.50. The Hall–Kier alpha value is -2.96. The Labute approximate surface area is 145 Å². The lowest BCUT2D eigenvalue weighted by Gasteiger charge is -2.15. The molecule has 0 aliphatic rings. The van der Waals surface area contributed by atoms with Gasteiger partial charge in [0.15, 0.2) is 11.5 Å². The summed E-state index contributed by atoms with van der Waals surface area (Å²) >= 11 is 0. The Kier molecular flexibility index (Phi) is 6.05. The number of amides is 1. The minimum atomic E-state index is -0.363. The zero-order chi connectivity index (χ0) is 18.4. The van der Waals surface area contributed by atoms with E-state index in [1.54, 1.807) is 18.2 Å². The van der Waals surface area contributed by atoms with Gasteiger partial charge in [0.2, 0.25) is 11.7 Å². The molecule has 2 rings (SSSR count). The molecule has 6 nitrogen and oxygen atoms in total. The van der Waals surface area contributed by atoms with Crippen LogP contribution in [0.2, 0.25) is 0 Å². The Morgan fingerprint density at radius 2 is 1.68 bits per heavy atom. The summed E-state index contributed by atoms with van der Waals surface area (Å²) in [6.45, 7) is 1.82. The lowest BCUT2D eigenvalue weighted by molar-refractivity contribution is -0.114. The van der Waals surface area contributed by atoms with Gasteiger partial charge in [-0.1, -0.05) is 6.07 Å². The molecule has 0 unspecified atom stereocenters. The van der Waals surface area contributed by atoms with Crippen LogP contribution in [-0.2, 0) is 4.79 Å². The van der Waals surface area contributed by atoms with Crippen LogP contribution in [0.5, 0.6) is 17.2 Å². The Balaban J connectivity index is 2.08. The normalized spacial score (nSPS) is 10.1. The third-order valence-corrected chi connectivity index (χ3v) is 3.59. The van der Waals surface area contributed by atoms with Crippen LogP contribution < -0.4 is 24.8 Å². The molecule has 0 spiro atoms. The van der Waals surface area contributed by atoms with Crippen molar-refractivity contribution in [2.24, 2.45) is 0 Å². The van der Waals surface area contributed by atoms with E-state index in [0.29, 0.717) is 28.6 Å². The number of carbonyl (C=O) groups is 1. The monoisotopic (exact) mass is 348 g/mol. The molecule has 1 amide bonds. The number of halogens is 1. The number of nitrogens with one attached hydrogen (secondary N) is 2. The zero-order valence-corrected chi connectivity index (χ0v) is 14.6. The third kappa shape index (κ3) is 4.53. The molecule has 0 saturated heterocycles. The fraction of sp³-hybridized carbons (Fsp3) is 0.278. The first-order valence-electron chi connectivity index (χ1n) is 7.58. The molecule has 0 heterocycles. The highest BCUT2D eigenvalue weighted by atomic mass is 19.1. The summed E-state index contributed by atoms with van der Waals surface area (Å²) < 4.78 is 29.0. The van der Waals surface area contributed by atoms with Crippen molar-refractivity contribution in [1.82, 2.24) is 0 Å². The Morgan fingerprint density at radius 1 is 1.04 bits per heavy atom. The molecule has 7 heteroatoms. The molecule has 0 bridgehead atoms. The predicted octanol–water partition coefficient (Wildman–Crippen LogP) is 3.21. The molecule has 0 saturated carbocycles. The van der Waals surface area contributed by atoms with Crippen LogP contribution in [0.15, 0.2) is 30.3 Å². The summed E-state index contributed by atoms with van der Waals surface area (Å²) in [5.74, 6) is 0.657. The molecule has 0 radical (unpaired) electrons. The maximum absolute atomic E-state index is 13.3. The number of methoxy groups -OCH3 is 3. The SMILES string of the molecule is COc1cc(NC(=O)CNc2cc(F)ccc2C)cc(OC)c1OC. The number of benzene rings is 2. The first-order valence-corrected chi connectivity index (χ1v) is 7.58. The molecular formula is C18H21FN2O4. The van der Waals surface area contributed by atoms with Crippen LogP contribution in [0.4, 0.5) is 15.8 Å². The van der Waals surface area contributed by atoms with Gasteiger partial charge >= 0.3 is 0 Å². The van der Waals surface area contributed by atoms with E-state index < -0.39 is 0 Å². The van der Waals surface area contributed by atoms with E-state index in [1.165, 1.54) is 33.5 Å². The highest BCUT2D eigenvalue weighted by molar-refractivity contribution is 5.94. The standard InChI is InChI=1S/C18H21FN2O4/c1-11-5-6-12(19)7-14(11)20-10-17(22)21-13-8-15(23-2)18(25-4)16(9-13)24-3/h5-9,20H,10H2,1-4H3,(H,21,22). The summed E-state index contributed by atoms with van der Waals surface area (Å²) in [6.07, 6.45) is 0. The first-order chi connectivity index (χ1) is 12.0. The van der Waals surface area contributed by atoms with Gasteiger partial charge in [0, 0.05) is 23.5 Å². The molecule has 2 N–H and O–H groups in total. The second-order valence-electron chi connectivity index (χ2n) is 5.27. The number of anilines is 2. The van der Waals surface area contributed by atoms with Crippen molar-refractivity contribution in [2.45, 2.75) is 6.92 Å². The van der Waals surface area contributed by atoms with Crippen molar-refractivity contribution in [1.29, 1.82) is 0 Å². The van der Waals surface area contributed by atoms with Crippen molar-refractivity contribution < 1.29 is 23.4 Å². The highest BCUT2D eigenvalue weighted by Crippen LogP contribution is 2.39. The highest BCUT2D eigenvalue weighted by Gasteiger charge is 2.14. The predicted molar refractivity (Wildman–Crippen MR) is 94.4 cm³/mol. The van der Waals surface area contributed by atoms with Crippen LogP contribution in [0.3, 0.4) is 0 Å². The van der Waals surface area contributed by atoms with Crippen molar-refractivity contribution in [3.8, 4) is 17.2 Å². The topological polar surface area (TPSA) is 68.8 Å². The van der Waals surface area contributed by atoms with Crippen molar-refractivity contribution >= 4 is 17.3 Å². The van der Waals surface area contributed by atoms with Gasteiger partial charge in [-0.2, -0.15) is 0 Å². The summed E-state index contributed by atoms with van der Waals surface area (Å²) in [6, 6.07) is 7.63. The minimum Gasteiger partial charge on any atom is -0.493 e. The summed E-state index contributed by atoms with van der Waals surface area (Å²) in [4.78, 5) is 12.2. The Bertz CT molecular complexity index is 740. The summed E-state index contributed by atoms with van der Waals surface area (Å²) in [5, 5.41) is 5.65. The molecule has 0 aliphatic heterocycles. The van der Waals surface area contributed by atoms with E-state index in [2.05, 4.69) is 10.6 Å². The molecule has 0 atom stereocenters. The van der Waals surface area contributed by atoms with E-state index in [4.69, 9.17) is 14.2 Å². The van der Waals surface area contributed by atoms with Gasteiger partial charge in [0.25, 0.3) is 0 Å². The average Bonchev–Trinajstić information content (AvgIpc) is 2.61. The minimum absolute atomic E-state index is 0.0129. The average molecular weight is 348 g/mol. The van der Waals surface area contributed by atoms with Crippen LogP contribution in [0.1, 0.15) is 5.56 Å². The zero-order valence-electron chi connectivity index (χ0n) is 14.6. The molecule has 2 aromatic carbocycles. The fourth-order valence-electron chi connectivity index (χ4n) is 2.32. The van der Waals surface area contributed by atoms with Crippen molar-refractivity contribution in [3.63, 3.8) is 0 Å². The number of aryl methyl sites for hydroxylation is 1. The smallest absolute Gasteiger partial charge is 0.243 e. The van der Waals surface area contributed by atoms with Crippen molar-refractivity contribution in [2.75, 3.05) is 38.5 Å². The van der Waals surface area contributed by atoms with Crippen LogP contribution in [0.25, 0.3) is 0 Å². The Morgan fingerprint density at radius 3 is 2.24 bits per heavy atom. The maximum atomic E-state index is 13.3. The van der Waals surface area contributed by atoms with Gasteiger partial charge < -0.3 is 24.8 Å². The van der Waals surface area contributed by atoms with Gasteiger partial charge in [-0.15, -0.1) is 0 Å².